The molecule has 1 heterocycles. The fraction of sp³-hybridized carbons (Fsp3) is 0.833. The lowest BCUT2D eigenvalue weighted by Gasteiger charge is -2.29. The molecule has 1 aliphatic heterocycles. The third-order valence-electron chi connectivity index (χ3n) is 3.62. The number of aliphatic carboxylic acids is 1. The minimum Gasteiger partial charge on any atom is -0.480 e. The topological polar surface area (TPSA) is 66.8 Å². The van der Waals surface area contributed by atoms with E-state index in [2.05, 4.69) is 0 Å². The molecule has 0 spiro atoms. The van der Waals surface area contributed by atoms with Crippen LogP contribution in [0.3, 0.4) is 0 Å². The molecule has 1 saturated heterocycles. The summed E-state index contributed by atoms with van der Waals surface area (Å²) in [6.07, 6.45) is -0.510. The molecule has 1 saturated carbocycles. The zero-order valence-corrected chi connectivity index (χ0v) is 10.6. The van der Waals surface area contributed by atoms with Crippen molar-refractivity contribution >= 4 is 12.1 Å². The van der Waals surface area contributed by atoms with Crippen LogP contribution in [-0.2, 0) is 9.53 Å². The standard InChI is InChI=1S/C12H19NO4/c1-6-7-5-13(9(8(6)7)10(14)15)11(16)17-12(2,3)4/h6-9H,5H2,1-4H3,(H,14,15)/t6-,7+,8-,9-/m0/s1. The summed E-state index contributed by atoms with van der Waals surface area (Å²) in [5.74, 6) is -0.0638. The van der Waals surface area contributed by atoms with E-state index in [9.17, 15) is 14.7 Å². The summed E-state index contributed by atoms with van der Waals surface area (Å²) in [5, 5.41) is 9.20. The first-order chi connectivity index (χ1) is 7.72. The number of piperidine rings is 1. The van der Waals surface area contributed by atoms with Crippen molar-refractivity contribution in [2.45, 2.75) is 39.3 Å². The first kappa shape index (κ1) is 12.2. The Morgan fingerprint density at radius 1 is 1.35 bits per heavy atom. The maximum Gasteiger partial charge on any atom is 0.411 e. The lowest BCUT2D eigenvalue weighted by molar-refractivity contribution is -0.143. The number of fused-ring (bicyclic) bond motifs is 1. The van der Waals surface area contributed by atoms with Crippen LogP contribution in [0.1, 0.15) is 27.7 Å². The molecule has 0 bridgehead atoms. The Balaban J connectivity index is 2.07. The summed E-state index contributed by atoms with van der Waals surface area (Å²) >= 11 is 0. The summed E-state index contributed by atoms with van der Waals surface area (Å²) in [6.45, 7) is 7.88. The number of carboxylic acid groups (broad SMARTS) is 1. The number of carbonyl (C=O) groups excluding carboxylic acids is 1. The molecule has 1 aliphatic carbocycles. The van der Waals surface area contributed by atoms with Gasteiger partial charge in [0, 0.05) is 6.54 Å². The molecular formula is C12H19NO4. The van der Waals surface area contributed by atoms with Crippen LogP contribution in [0.25, 0.3) is 0 Å². The molecule has 0 aromatic carbocycles. The Bertz CT molecular complexity index is 360. The van der Waals surface area contributed by atoms with Gasteiger partial charge in [-0.25, -0.2) is 9.59 Å². The number of carboxylic acids is 1. The number of carbonyl (C=O) groups is 2. The molecule has 0 radical (unpaired) electrons. The van der Waals surface area contributed by atoms with E-state index in [1.165, 1.54) is 4.90 Å². The monoisotopic (exact) mass is 241 g/mol. The molecule has 2 fully saturated rings. The van der Waals surface area contributed by atoms with Gasteiger partial charge in [-0.2, -0.15) is 0 Å². The molecule has 1 amide bonds. The summed E-state index contributed by atoms with van der Waals surface area (Å²) < 4.78 is 5.23. The lowest BCUT2D eigenvalue weighted by Crippen LogP contribution is -2.46. The number of amides is 1. The van der Waals surface area contributed by atoms with Crippen LogP contribution in [-0.4, -0.2) is 40.3 Å². The van der Waals surface area contributed by atoms with Crippen LogP contribution < -0.4 is 0 Å². The van der Waals surface area contributed by atoms with E-state index in [0.29, 0.717) is 18.4 Å². The van der Waals surface area contributed by atoms with Crippen molar-refractivity contribution in [2.75, 3.05) is 6.54 Å². The Labute approximate surface area is 101 Å². The summed E-state index contributed by atoms with van der Waals surface area (Å²) in [7, 11) is 0. The Morgan fingerprint density at radius 3 is 2.41 bits per heavy atom. The van der Waals surface area contributed by atoms with Crippen molar-refractivity contribution < 1.29 is 19.4 Å². The molecular weight excluding hydrogens is 222 g/mol. The van der Waals surface area contributed by atoms with Crippen molar-refractivity contribution in [3.8, 4) is 0 Å². The zero-order valence-electron chi connectivity index (χ0n) is 10.6. The second kappa shape index (κ2) is 3.62. The van der Waals surface area contributed by atoms with E-state index >= 15 is 0 Å². The van der Waals surface area contributed by atoms with Gasteiger partial charge in [0.25, 0.3) is 0 Å². The molecule has 5 nitrogen and oxygen atoms in total. The van der Waals surface area contributed by atoms with E-state index in [4.69, 9.17) is 4.74 Å². The second-order valence-electron chi connectivity index (χ2n) is 6.02. The fourth-order valence-corrected chi connectivity index (χ4v) is 2.74. The maximum absolute atomic E-state index is 11.9. The molecule has 0 aromatic heterocycles. The van der Waals surface area contributed by atoms with E-state index in [1.54, 1.807) is 20.8 Å². The second-order valence-corrected chi connectivity index (χ2v) is 6.02. The molecule has 2 aliphatic rings. The Morgan fingerprint density at radius 2 is 1.94 bits per heavy atom. The average Bonchev–Trinajstić information content (AvgIpc) is 2.60. The van der Waals surface area contributed by atoms with E-state index in [-0.39, 0.29) is 5.92 Å². The van der Waals surface area contributed by atoms with Gasteiger partial charge < -0.3 is 9.84 Å². The van der Waals surface area contributed by atoms with Crippen LogP contribution in [0.2, 0.25) is 0 Å². The Kier molecular flexibility index (Phi) is 2.60. The average molecular weight is 241 g/mol. The molecule has 0 unspecified atom stereocenters. The molecule has 4 atom stereocenters. The van der Waals surface area contributed by atoms with Crippen LogP contribution >= 0.6 is 0 Å². The van der Waals surface area contributed by atoms with Crippen molar-refractivity contribution in [1.82, 2.24) is 4.90 Å². The van der Waals surface area contributed by atoms with Crippen LogP contribution in [0.5, 0.6) is 0 Å². The molecule has 96 valence electrons. The van der Waals surface area contributed by atoms with Gasteiger partial charge in [-0.05, 0) is 38.5 Å². The van der Waals surface area contributed by atoms with Crippen molar-refractivity contribution in [3.63, 3.8) is 0 Å². The minimum atomic E-state index is -0.923. The third-order valence-corrected chi connectivity index (χ3v) is 3.62. The molecule has 1 N–H and O–H groups in total. The first-order valence-electron chi connectivity index (χ1n) is 5.95. The van der Waals surface area contributed by atoms with E-state index in [1.807, 2.05) is 6.92 Å². The van der Waals surface area contributed by atoms with E-state index in [0.717, 1.165) is 0 Å². The summed E-state index contributed by atoms with van der Waals surface area (Å²) in [4.78, 5) is 24.5. The van der Waals surface area contributed by atoms with Crippen molar-refractivity contribution in [2.24, 2.45) is 17.8 Å². The van der Waals surface area contributed by atoms with Gasteiger partial charge in [0.2, 0.25) is 0 Å². The highest BCUT2D eigenvalue weighted by atomic mass is 16.6. The predicted octanol–water partition coefficient (Wildman–Crippen LogP) is 1.57. The normalized spacial score (nSPS) is 35.4. The summed E-state index contributed by atoms with van der Waals surface area (Å²) in [6, 6.07) is -0.704. The number of nitrogens with zero attached hydrogens (tertiary/aromatic N) is 1. The summed E-state index contributed by atoms with van der Waals surface area (Å²) in [5.41, 5.74) is -0.585. The zero-order chi connectivity index (χ0) is 13.0. The number of hydrogen-bond acceptors (Lipinski definition) is 3. The maximum atomic E-state index is 11.9. The van der Waals surface area contributed by atoms with Gasteiger partial charge in [0.1, 0.15) is 11.6 Å². The highest BCUT2D eigenvalue weighted by Gasteiger charge is 2.63. The van der Waals surface area contributed by atoms with Crippen LogP contribution in [0.4, 0.5) is 4.79 Å². The van der Waals surface area contributed by atoms with Gasteiger partial charge >= 0.3 is 12.1 Å². The SMILES string of the molecule is C[C@H]1[C@H]2CN(C(=O)OC(C)(C)C)[C@H](C(=O)O)[C@@H]12. The van der Waals surface area contributed by atoms with Gasteiger partial charge in [0.05, 0.1) is 0 Å². The minimum absolute atomic E-state index is 0.111. The quantitative estimate of drug-likeness (QED) is 0.756. The predicted molar refractivity (Wildman–Crippen MR) is 60.5 cm³/mol. The Hall–Kier alpha value is -1.26. The molecule has 0 aromatic rings. The first-order valence-corrected chi connectivity index (χ1v) is 5.95. The fourth-order valence-electron chi connectivity index (χ4n) is 2.74. The van der Waals surface area contributed by atoms with Crippen LogP contribution in [0.15, 0.2) is 0 Å². The highest BCUT2D eigenvalue weighted by molar-refractivity contribution is 5.82. The van der Waals surface area contributed by atoms with Gasteiger partial charge in [-0.15, -0.1) is 0 Å². The number of rotatable bonds is 1. The number of ether oxygens (including phenoxy) is 1. The smallest absolute Gasteiger partial charge is 0.411 e. The van der Waals surface area contributed by atoms with E-state index < -0.39 is 23.7 Å². The largest absolute Gasteiger partial charge is 0.480 e. The molecule has 2 rings (SSSR count). The lowest BCUT2D eigenvalue weighted by atomic mass is 10.1. The molecule has 17 heavy (non-hydrogen) atoms. The molecule has 5 heteroatoms. The highest BCUT2D eigenvalue weighted by Crippen LogP contribution is 2.55. The van der Waals surface area contributed by atoms with Gasteiger partial charge in [-0.1, -0.05) is 6.92 Å². The number of hydrogen-bond donors (Lipinski definition) is 1. The van der Waals surface area contributed by atoms with Crippen molar-refractivity contribution in [1.29, 1.82) is 0 Å². The third kappa shape index (κ3) is 2.10. The van der Waals surface area contributed by atoms with Crippen molar-refractivity contribution in [3.05, 3.63) is 0 Å². The van der Waals surface area contributed by atoms with Gasteiger partial charge in [0.15, 0.2) is 0 Å². The van der Waals surface area contributed by atoms with Gasteiger partial charge in [-0.3, -0.25) is 4.90 Å². The van der Waals surface area contributed by atoms with Crippen LogP contribution in [0, 0.1) is 17.8 Å². The number of likely N-dealkylation sites (tertiary alicyclic amines) is 1.